The van der Waals surface area contributed by atoms with Crippen LogP contribution in [0.4, 0.5) is 0 Å². The van der Waals surface area contributed by atoms with Gasteiger partial charge in [-0.2, -0.15) is 0 Å². The molecular formula is C9H11BrO2S. The summed E-state index contributed by atoms with van der Waals surface area (Å²) in [6, 6.07) is 0. The fourth-order valence-corrected chi connectivity index (χ4v) is 3.54. The fourth-order valence-electron chi connectivity index (χ4n) is 1.42. The SMILES string of the molecule is Cc1sc(Br)c(C(=O)O)c1C(C)C. The molecule has 4 heteroatoms. The van der Waals surface area contributed by atoms with Gasteiger partial charge in [0.2, 0.25) is 0 Å². The van der Waals surface area contributed by atoms with Crippen LogP contribution in [0.5, 0.6) is 0 Å². The van der Waals surface area contributed by atoms with Crippen molar-refractivity contribution in [2.24, 2.45) is 0 Å². The van der Waals surface area contributed by atoms with Gasteiger partial charge in [-0.1, -0.05) is 13.8 Å². The summed E-state index contributed by atoms with van der Waals surface area (Å²) >= 11 is 4.76. The Morgan fingerprint density at radius 1 is 1.54 bits per heavy atom. The molecule has 0 fully saturated rings. The number of aromatic carboxylic acids is 1. The van der Waals surface area contributed by atoms with Crippen molar-refractivity contribution in [3.8, 4) is 0 Å². The molecule has 0 aromatic carbocycles. The van der Waals surface area contributed by atoms with Gasteiger partial charge in [0.25, 0.3) is 0 Å². The van der Waals surface area contributed by atoms with Crippen molar-refractivity contribution in [2.45, 2.75) is 26.7 Å². The molecule has 0 unspecified atom stereocenters. The highest BCUT2D eigenvalue weighted by molar-refractivity contribution is 9.11. The molecule has 0 aliphatic rings. The highest BCUT2D eigenvalue weighted by Gasteiger charge is 2.21. The Kier molecular flexibility index (Phi) is 3.14. The van der Waals surface area contributed by atoms with E-state index in [0.717, 1.165) is 14.2 Å². The zero-order valence-corrected chi connectivity index (χ0v) is 10.1. The summed E-state index contributed by atoms with van der Waals surface area (Å²) in [6.45, 7) is 5.97. The first-order valence-electron chi connectivity index (χ1n) is 3.97. The minimum atomic E-state index is -0.847. The zero-order chi connectivity index (χ0) is 10.2. The topological polar surface area (TPSA) is 37.3 Å². The molecule has 72 valence electrons. The molecule has 0 spiro atoms. The average Bonchev–Trinajstić information content (AvgIpc) is 2.24. The smallest absolute Gasteiger partial charge is 0.338 e. The maximum atomic E-state index is 10.9. The van der Waals surface area contributed by atoms with Crippen LogP contribution < -0.4 is 0 Å². The van der Waals surface area contributed by atoms with Crippen molar-refractivity contribution < 1.29 is 9.90 Å². The molecule has 1 N–H and O–H groups in total. The monoisotopic (exact) mass is 262 g/mol. The zero-order valence-electron chi connectivity index (χ0n) is 7.72. The third kappa shape index (κ3) is 1.94. The Labute approximate surface area is 89.7 Å². The fraction of sp³-hybridized carbons (Fsp3) is 0.444. The van der Waals surface area contributed by atoms with Crippen LogP contribution >= 0.6 is 27.3 Å². The van der Waals surface area contributed by atoms with E-state index in [1.165, 1.54) is 11.3 Å². The van der Waals surface area contributed by atoms with Crippen LogP contribution in [0.25, 0.3) is 0 Å². The molecular weight excluding hydrogens is 252 g/mol. The van der Waals surface area contributed by atoms with Gasteiger partial charge < -0.3 is 5.11 Å². The lowest BCUT2D eigenvalue weighted by atomic mass is 10.00. The standard InChI is InChI=1S/C9H11BrO2S/c1-4(2)6-5(3)13-8(10)7(6)9(11)12/h4H,1-3H3,(H,11,12). The summed E-state index contributed by atoms with van der Waals surface area (Å²) in [6.07, 6.45) is 0. The summed E-state index contributed by atoms with van der Waals surface area (Å²) in [7, 11) is 0. The van der Waals surface area contributed by atoms with Gasteiger partial charge in [0.15, 0.2) is 0 Å². The van der Waals surface area contributed by atoms with Gasteiger partial charge in [0, 0.05) is 4.88 Å². The summed E-state index contributed by atoms with van der Waals surface area (Å²) in [5.74, 6) is -0.589. The first kappa shape index (κ1) is 10.7. The number of carboxylic acid groups (broad SMARTS) is 1. The molecule has 1 rings (SSSR count). The Balaban J connectivity index is 3.38. The van der Waals surface area contributed by atoms with E-state index in [4.69, 9.17) is 5.11 Å². The molecule has 0 bridgehead atoms. The van der Waals surface area contributed by atoms with E-state index >= 15 is 0 Å². The van der Waals surface area contributed by atoms with E-state index in [-0.39, 0.29) is 5.92 Å². The lowest BCUT2D eigenvalue weighted by molar-refractivity contribution is 0.0695. The Hall–Kier alpha value is -0.350. The Bertz CT molecular complexity index is 342. The third-order valence-electron chi connectivity index (χ3n) is 1.88. The van der Waals surface area contributed by atoms with E-state index in [9.17, 15) is 4.79 Å². The summed E-state index contributed by atoms with van der Waals surface area (Å²) in [5.41, 5.74) is 1.38. The van der Waals surface area contributed by atoms with Gasteiger partial charge in [-0.15, -0.1) is 11.3 Å². The highest BCUT2D eigenvalue weighted by Crippen LogP contribution is 2.36. The highest BCUT2D eigenvalue weighted by atomic mass is 79.9. The van der Waals surface area contributed by atoms with Crippen LogP contribution in [0.2, 0.25) is 0 Å². The number of halogens is 1. The van der Waals surface area contributed by atoms with Crippen LogP contribution in [0.15, 0.2) is 3.79 Å². The minimum Gasteiger partial charge on any atom is -0.478 e. The molecule has 1 aromatic heterocycles. The van der Waals surface area contributed by atoms with E-state index in [1.54, 1.807) is 0 Å². The Morgan fingerprint density at radius 2 is 2.08 bits per heavy atom. The molecule has 0 atom stereocenters. The molecule has 0 radical (unpaired) electrons. The number of carboxylic acids is 1. The average molecular weight is 263 g/mol. The van der Waals surface area contributed by atoms with Crippen LogP contribution in [0.1, 0.15) is 40.6 Å². The number of aryl methyl sites for hydroxylation is 1. The molecule has 0 aliphatic carbocycles. The second-order valence-electron chi connectivity index (χ2n) is 3.18. The van der Waals surface area contributed by atoms with E-state index < -0.39 is 5.97 Å². The minimum absolute atomic E-state index is 0.258. The van der Waals surface area contributed by atoms with Gasteiger partial charge in [-0.05, 0) is 34.3 Å². The molecule has 1 aromatic rings. The number of hydrogen-bond acceptors (Lipinski definition) is 2. The van der Waals surface area contributed by atoms with Crippen LogP contribution in [-0.2, 0) is 0 Å². The molecule has 2 nitrogen and oxygen atoms in total. The third-order valence-corrected chi connectivity index (χ3v) is 3.67. The van der Waals surface area contributed by atoms with Crippen molar-refractivity contribution in [1.29, 1.82) is 0 Å². The maximum Gasteiger partial charge on any atom is 0.338 e. The molecule has 0 amide bonds. The number of carbonyl (C=O) groups is 1. The quantitative estimate of drug-likeness (QED) is 0.884. The lowest BCUT2D eigenvalue weighted by Crippen LogP contribution is -2.02. The molecule has 13 heavy (non-hydrogen) atoms. The van der Waals surface area contributed by atoms with Crippen molar-refractivity contribution in [3.05, 3.63) is 19.8 Å². The van der Waals surface area contributed by atoms with Crippen LogP contribution in [0.3, 0.4) is 0 Å². The van der Waals surface area contributed by atoms with Crippen molar-refractivity contribution in [2.75, 3.05) is 0 Å². The molecule has 1 heterocycles. The van der Waals surface area contributed by atoms with Crippen molar-refractivity contribution in [1.82, 2.24) is 0 Å². The van der Waals surface area contributed by atoms with Gasteiger partial charge in [-0.3, -0.25) is 0 Å². The molecule has 0 aliphatic heterocycles. The van der Waals surface area contributed by atoms with E-state index in [0.29, 0.717) is 5.56 Å². The normalized spacial score (nSPS) is 10.8. The van der Waals surface area contributed by atoms with E-state index in [1.807, 2.05) is 20.8 Å². The predicted molar refractivity (Wildman–Crippen MR) is 57.8 cm³/mol. The van der Waals surface area contributed by atoms with Crippen LogP contribution in [0, 0.1) is 6.92 Å². The molecule has 0 saturated heterocycles. The van der Waals surface area contributed by atoms with Gasteiger partial charge >= 0.3 is 5.97 Å². The van der Waals surface area contributed by atoms with Crippen molar-refractivity contribution in [3.63, 3.8) is 0 Å². The second kappa shape index (κ2) is 3.80. The van der Waals surface area contributed by atoms with Gasteiger partial charge in [0.05, 0.1) is 9.35 Å². The van der Waals surface area contributed by atoms with Crippen molar-refractivity contribution >= 4 is 33.2 Å². The van der Waals surface area contributed by atoms with Gasteiger partial charge in [0.1, 0.15) is 0 Å². The molecule has 0 saturated carbocycles. The van der Waals surface area contributed by atoms with Crippen LogP contribution in [-0.4, -0.2) is 11.1 Å². The summed E-state index contributed by atoms with van der Waals surface area (Å²) < 4.78 is 0.723. The second-order valence-corrected chi connectivity index (χ2v) is 5.72. The number of thiophene rings is 1. The number of hydrogen-bond donors (Lipinski definition) is 1. The first-order valence-corrected chi connectivity index (χ1v) is 5.58. The van der Waals surface area contributed by atoms with Gasteiger partial charge in [-0.25, -0.2) is 4.79 Å². The Morgan fingerprint density at radius 3 is 2.38 bits per heavy atom. The first-order chi connectivity index (χ1) is 5.95. The van der Waals surface area contributed by atoms with E-state index in [2.05, 4.69) is 15.9 Å². The number of rotatable bonds is 2. The maximum absolute atomic E-state index is 10.9. The largest absolute Gasteiger partial charge is 0.478 e. The summed E-state index contributed by atoms with van der Waals surface area (Å²) in [5, 5.41) is 8.99. The summed E-state index contributed by atoms with van der Waals surface area (Å²) in [4.78, 5) is 12.0. The lowest BCUT2D eigenvalue weighted by Gasteiger charge is -2.05. The predicted octanol–water partition coefficient (Wildman–Crippen LogP) is 3.64.